The topological polar surface area (TPSA) is 15.3 Å². The summed E-state index contributed by atoms with van der Waals surface area (Å²) < 4.78 is 0. The third-order valence-corrected chi connectivity index (χ3v) is 3.97. The summed E-state index contributed by atoms with van der Waals surface area (Å²) in [6.45, 7) is 7.30. The van der Waals surface area contributed by atoms with Crippen molar-refractivity contribution in [2.45, 2.75) is 33.5 Å². The summed E-state index contributed by atoms with van der Waals surface area (Å²) >= 11 is 0. The Morgan fingerprint density at radius 2 is 1.65 bits per heavy atom. The molecule has 2 aromatic carbocycles. The molecule has 3 rings (SSSR count). The molecule has 0 amide bonds. The van der Waals surface area contributed by atoms with E-state index in [1.165, 1.54) is 33.5 Å². The van der Waals surface area contributed by atoms with E-state index in [2.05, 4.69) is 67.5 Å². The third-order valence-electron chi connectivity index (χ3n) is 3.97. The van der Waals surface area contributed by atoms with E-state index in [0.29, 0.717) is 0 Å². The van der Waals surface area contributed by atoms with E-state index >= 15 is 0 Å². The first kappa shape index (κ1) is 13.2. The van der Waals surface area contributed by atoms with Crippen LogP contribution in [0.25, 0.3) is 0 Å². The first-order chi connectivity index (χ1) is 9.61. The van der Waals surface area contributed by atoms with Gasteiger partial charge in [-0.25, -0.2) is 0 Å². The molecule has 2 heteroatoms. The number of hydrogen-bond donors (Lipinski definition) is 1. The van der Waals surface area contributed by atoms with Gasteiger partial charge in [0, 0.05) is 32.4 Å². The standard InChI is InChI=1S/C18H22N2/c1-13-6-14(2)8-18(7-13)20(3)12-15-4-5-16-10-19-11-17(16)9-15/h4-9,19H,10-12H2,1-3H3. The molecule has 0 radical (unpaired) electrons. The van der Waals surface area contributed by atoms with Crippen molar-refractivity contribution in [1.29, 1.82) is 0 Å². The van der Waals surface area contributed by atoms with E-state index in [9.17, 15) is 0 Å². The van der Waals surface area contributed by atoms with Crippen molar-refractivity contribution in [1.82, 2.24) is 5.32 Å². The number of rotatable bonds is 3. The van der Waals surface area contributed by atoms with Crippen LogP contribution in [0.3, 0.4) is 0 Å². The summed E-state index contributed by atoms with van der Waals surface area (Å²) in [6.07, 6.45) is 0. The van der Waals surface area contributed by atoms with Crippen LogP contribution in [0.5, 0.6) is 0 Å². The van der Waals surface area contributed by atoms with Crippen molar-refractivity contribution in [3.05, 3.63) is 64.2 Å². The van der Waals surface area contributed by atoms with E-state index < -0.39 is 0 Å². The van der Waals surface area contributed by atoms with Gasteiger partial charge in [0.25, 0.3) is 0 Å². The minimum Gasteiger partial charge on any atom is -0.370 e. The van der Waals surface area contributed by atoms with Gasteiger partial charge in [-0.3, -0.25) is 0 Å². The quantitative estimate of drug-likeness (QED) is 0.914. The van der Waals surface area contributed by atoms with Crippen molar-refractivity contribution in [2.24, 2.45) is 0 Å². The number of hydrogen-bond acceptors (Lipinski definition) is 2. The predicted molar refractivity (Wildman–Crippen MR) is 85.0 cm³/mol. The Kier molecular flexibility index (Phi) is 3.49. The summed E-state index contributed by atoms with van der Waals surface area (Å²) in [5.74, 6) is 0. The highest BCUT2D eigenvalue weighted by molar-refractivity contribution is 5.51. The van der Waals surface area contributed by atoms with Crippen LogP contribution >= 0.6 is 0 Å². The molecule has 0 fully saturated rings. The van der Waals surface area contributed by atoms with E-state index in [1.54, 1.807) is 0 Å². The zero-order chi connectivity index (χ0) is 14.1. The fraction of sp³-hybridized carbons (Fsp3) is 0.333. The minimum atomic E-state index is 0.955. The molecule has 0 unspecified atom stereocenters. The molecular weight excluding hydrogens is 244 g/mol. The van der Waals surface area contributed by atoms with Gasteiger partial charge < -0.3 is 10.2 Å². The largest absolute Gasteiger partial charge is 0.370 e. The lowest BCUT2D eigenvalue weighted by Gasteiger charge is -2.21. The minimum absolute atomic E-state index is 0.955. The van der Waals surface area contributed by atoms with Gasteiger partial charge in [-0.15, -0.1) is 0 Å². The fourth-order valence-electron chi connectivity index (χ4n) is 2.98. The molecule has 0 aliphatic carbocycles. The molecule has 0 saturated carbocycles. The second-order valence-corrected chi connectivity index (χ2v) is 5.91. The van der Waals surface area contributed by atoms with Crippen molar-refractivity contribution in [3.63, 3.8) is 0 Å². The van der Waals surface area contributed by atoms with Crippen LogP contribution in [0, 0.1) is 13.8 Å². The Balaban J connectivity index is 1.80. The van der Waals surface area contributed by atoms with Gasteiger partial charge in [0.05, 0.1) is 0 Å². The molecular formula is C18H22N2. The molecule has 0 aromatic heterocycles. The first-order valence-corrected chi connectivity index (χ1v) is 7.22. The molecule has 1 aliphatic heterocycles. The Labute approximate surface area is 121 Å². The van der Waals surface area contributed by atoms with Crippen molar-refractivity contribution >= 4 is 5.69 Å². The van der Waals surface area contributed by atoms with Gasteiger partial charge in [0.2, 0.25) is 0 Å². The fourth-order valence-corrected chi connectivity index (χ4v) is 2.98. The molecule has 0 atom stereocenters. The first-order valence-electron chi connectivity index (χ1n) is 7.22. The molecule has 1 heterocycles. The number of anilines is 1. The maximum Gasteiger partial charge on any atom is 0.0426 e. The van der Waals surface area contributed by atoms with Gasteiger partial charge >= 0.3 is 0 Å². The summed E-state index contributed by atoms with van der Waals surface area (Å²) in [7, 11) is 2.17. The van der Waals surface area contributed by atoms with Crippen LogP contribution in [0.1, 0.15) is 27.8 Å². The van der Waals surface area contributed by atoms with Crippen LogP contribution in [-0.2, 0) is 19.6 Å². The molecule has 104 valence electrons. The molecule has 2 aromatic rings. The SMILES string of the molecule is Cc1cc(C)cc(N(C)Cc2ccc3c(c2)CNC3)c1. The maximum atomic E-state index is 3.40. The molecule has 2 nitrogen and oxygen atoms in total. The molecule has 1 aliphatic rings. The highest BCUT2D eigenvalue weighted by atomic mass is 15.1. The van der Waals surface area contributed by atoms with Crippen LogP contribution in [0.4, 0.5) is 5.69 Å². The number of nitrogens with one attached hydrogen (secondary N) is 1. The van der Waals surface area contributed by atoms with Crippen molar-refractivity contribution < 1.29 is 0 Å². The summed E-state index contributed by atoms with van der Waals surface area (Å²) in [5.41, 5.74) is 8.23. The lowest BCUT2D eigenvalue weighted by molar-refractivity contribution is 0.764. The third kappa shape index (κ3) is 2.70. The Bertz CT molecular complexity index is 611. The monoisotopic (exact) mass is 266 g/mol. The normalized spacial score (nSPS) is 13.3. The zero-order valence-corrected chi connectivity index (χ0v) is 12.5. The van der Waals surface area contributed by atoms with E-state index in [1.807, 2.05) is 0 Å². The average Bonchev–Trinajstić information content (AvgIpc) is 2.85. The summed E-state index contributed by atoms with van der Waals surface area (Å²) in [4.78, 5) is 2.32. The molecule has 0 saturated heterocycles. The molecule has 20 heavy (non-hydrogen) atoms. The van der Waals surface area contributed by atoms with Gasteiger partial charge in [-0.05, 0) is 53.8 Å². The highest BCUT2D eigenvalue weighted by Crippen LogP contribution is 2.22. The lowest BCUT2D eigenvalue weighted by atomic mass is 10.1. The Morgan fingerprint density at radius 3 is 2.40 bits per heavy atom. The molecule has 1 N–H and O–H groups in total. The van der Waals surface area contributed by atoms with Gasteiger partial charge in [-0.2, -0.15) is 0 Å². The number of aryl methyl sites for hydroxylation is 2. The Hall–Kier alpha value is -1.80. The second kappa shape index (κ2) is 5.29. The second-order valence-electron chi connectivity index (χ2n) is 5.91. The average molecular weight is 266 g/mol. The number of fused-ring (bicyclic) bond motifs is 1. The highest BCUT2D eigenvalue weighted by Gasteiger charge is 2.11. The van der Waals surface area contributed by atoms with E-state index in [0.717, 1.165) is 19.6 Å². The number of nitrogens with zero attached hydrogens (tertiary/aromatic N) is 1. The van der Waals surface area contributed by atoms with Crippen LogP contribution in [0.15, 0.2) is 36.4 Å². The lowest BCUT2D eigenvalue weighted by Crippen LogP contribution is -2.16. The van der Waals surface area contributed by atoms with Crippen LogP contribution in [0.2, 0.25) is 0 Å². The van der Waals surface area contributed by atoms with Gasteiger partial charge in [-0.1, -0.05) is 24.3 Å². The van der Waals surface area contributed by atoms with E-state index in [4.69, 9.17) is 0 Å². The van der Waals surface area contributed by atoms with Gasteiger partial charge in [0.1, 0.15) is 0 Å². The van der Waals surface area contributed by atoms with Crippen molar-refractivity contribution in [3.8, 4) is 0 Å². The predicted octanol–water partition coefficient (Wildman–Crippen LogP) is 3.54. The summed E-state index contributed by atoms with van der Waals surface area (Å²) in [6, 6.07) is 13.6. The van der Waals surface area contributed by atoms with Crippen LogP contribution < -0.4 is 10.2 Å². The molecule has 0 spiro atoms. The van der Waals surface area contributed by atoms with Gasteiger partial charge in [0.15, 0.2) is 0 Å². The maximum absolute atomic E-state index is 3.40. The van der Waals surface area contributed by atoms with E-state index in [-0.39, 0.29) is 0 Å². The van der Waals surface area contributed by atoms with Crippen LogP contribution in [-0.4, -0.2) is 7.05 Å². The zero-order valence-electron chi connectivity index (χ0n) is 12.5. The summed E-state index contributed by atoms with van der Waals surface area (Å²) in [5, 5.41) is 3.40. The molecule has 0 bridgehead atoms. The number of benzene rings is 2. The Morgan fingerprint density at radius 1 is 0.950 bits per heavy atom. The smallest absolute Gasteiger partial charge is 0.0426 e. The van der Waals surface area contributed by atoms with Crippen molar-refractivity contribution in [2.75, 3.05) is 11.9 Å².